The molecular formula is C16H16N2O3. The Kier molecular flexibility index (Phi) is 3.56. The van der Waals surface area contributed by atoms with Gasteiger partial charge in [0.15, 0.2) is 0 Å². The summed E-state index contributed by atoms with van der Waals surface area (Å²) < 4.78 is 0. The lowest BCUT2D eigenvalue weighted by Gasteiger charge is -2.30. The molecule has 0 radical (unpaired) electrons. The van der Waals surface area contributed by atoms with E-state index in [1.54, 1.807) is 17.2 Å². The van der Waals surface area contributed by atoms with Gasteiger partial charge < -0.3 is 10.0 Å². The molecule has 0 saturated carbocycles. The topological polar surface area (TPSA) is 70.5 Å². The molecule has 5 nitrogen and oxygen atoms in total. The van der Waals surface area contributed by atoms with Crippen LogP contribution in [-0.4, -0.2) is 40.0 Å². The van der Waals surface area contributed by atoms with E-state index in [-0.39, 0.29) is 5.91 Å². The fourth-order valence-electron chi connectivity index (χ4n) is 2.75. The second kappa shape index (κ2) is 5.52. The Morgan fingerprint density at radius 3 is 2.95 bits per heavy atom. The van der Waals surface area contributed by atoms with Crippen LogP contribution >= 0.6 is 0 Å². The number of benzene rings is 1. The van der Waals surface area contributed by atoms with Gasteiger partial charge in [0.05, 0.1) is 11.4 Å². The molecule has 1 saturated heterocycles. The molecule has 1 aliphatic rings. The van der Waals surface area contributed by atoms with Crippen LogP contribution in [0, 0.1) is 5.92 Å². The first-order valence-corrected chi connectivity index (χ1v) is 7.02. The van der Waals surface area contributed by atoms with Crippen molar-refractivity contribution in [2.45, 2.75) is 12.8 Å². The molecule has 5 heteroatoms. The van der Waals surface area contributed by atoms with Crippen molar-refractivity contribution in [3.63, 3.8) is 0 Å². The maximum Gasteiger partial charge on any atom is 0.308 e. The number of rotatable bonds is 2. The summed E-state index contributed by atoms with van der Waals surface area (Å²) in [7, 11) is 0. The zero-order valence-electron chi connectivity index (χ0n) is 11.5. The molecule has 1 amide bonds. The smallest absolute Gasteiger partial charge is 0.308 e. The van der Waals surface area contributed by atoms with E-state index in [1.807, 2.05) is 24.3 Å². The number of aliphatic carboxylic acids is 1. The van der Waals surface area contributed by atoms with Gasteiger partial charge in [0.2, 0.25) is 0 Å². The van der Waals surface area contributed by atoms with Crippen molar-refractivity contribution in [2.24, 2.45) is 5.92 Å². The Hall–Kier alpha value is -2.43. The third-order valence-electron chi connectivity index (χ3n) is 3.91. The summed E-state index contributed by atoms with van der Waals surface area (Å²) in [6, 6.07) is 9.13. The number of pyridine rings is 1. The first kappa shape index (κ1) is 13.5. The molecule has 1 unspecified atom stereocenters. The lowest BCUT2D eigenvalue weighted by molar-refractivity contribution is -0.143. The van der Waals surface area contributed by atoms with Crippen LogP contribution in [0.25, 0.3) is 10.9 Å². The number of carboxylic acids is 1. The number of nitrogens with zero attached hydrogens (tertiary/aromatic N) is 2. The van der Waals surface area contributed by atoms with Crippen LogP contribution in [0.4, 0.5) is 0 Å². The molecule has 2 aromatic rings. The minimum atomic E-state index is -0.824. The van der Waals surface area contributed by atoms with Crippen molar-refractivity contribution in [3.8, 4) is 0 Å². The molecule has 0 spiro atoms. The Morgan fingerprint density at radius 2 is 2.14 bits per heavy atom. The molecule has 1 atom stereocenters. The number of hydrogen-bond donors (Lipinski definition) is 1. The Labute approximate surface area is 122 Å². The SMILES string of the molecule is O=C(O)C1CCCN(C(=O)c2ccc3ncccc3c2)C1. The van der Waals surface area contributed by atoms with E-state index in [2.05, 4.69) is 4.98 Å². The molecule has 1 N–H and O–H groups in total. The standard InChI is InChI=1S/C16H16N2O3/c19-15(18-8-2-4-13(10-18)16(20)21)12-5-6-14-11(9-12)3-1-7-17-14/h1,3,5-7,9,13H,2,4,8,10H2,(H,20,21). The molecule has 0 aliphatic carbocycles. The largest absolute Gasteiger partial charge is 0.481 e. The average molecular weight is 284 g/mol. The van der Waals surface area contributed by atoms with Gasteiger partial charge in [-0.25, -0.2) is 0 Å². The van der Waals surface area contributed by atoms with Crippen LogP contribution < -0.4 is 0 Å². The number of piperidine rings is 1. The Bertz CT molecular complexity index is 699. The minimum absolute atomic E-state index is 0.105. The summed E-state index contributed by atoms with van der Waals surface area (Å²) in [5.74, 6) is -1.38. The van der Waals surface area contributed by atoms with Gasteiger partial charge in [0, 0.05) is 30.2 Å². The summed E-state index contributed by atoms with van der Waals surface area (Å²) in [5, 5.41) is 10.0. The third kappa shape index (κ3) is 2.72. The zero-order valence-corrected chi connectivity index (χ0v) is 11.5. The normalized spacial score (nSPS) is 18.7. The van der Waals surface area contributed by atoms with E-state index in [0.717, 1.165) is 17.3 Å². The van der Waals surface area contributed by atoms with E-state index < -0.39 is 11.9 Å². The van der Waals surface area contributed by atoms with Crippen molar-refractivity contribution in [2.75, 3.05) is 13.1 Å². The van der Waals surface area contributed by atoms with E-state index in [0.29, 0.717) is 25.1 Å². The Morgan fingerprint density at radius 1 is 1.29 bits per heavy atom. The number of carbonyl (C=O) groups is 2. The second-order valence-electron chi connectivity index (χ2n) is 5.34. The van der Waals surface area contributed by atoms with Gasteiger partial charge in [0.25, 0.3) is 5.91 Å². The monoisotopic (exact) mass is 284 g/mol. The average Bonchev–Trinajstić information content (AvgIpc) is 2.53. The van der Waals surface area contributed by atoms with Crippen LogP contribution in [0.5, 0.6) is 0 Å². The van der Waals surface area contributed by atoms with Crippen LogP contribution in [-0.2, 0) is 4.79 Å². The number of fused-ring (bicyclic) bond motifs is 1. The van der Waals surface area contributed by atoms with Crippen molar-refractivity contribution < 1.29 is 14.7 Å². The fourth-order valence-corrected chi connectivity index (χ4v) is 2.75. The summed E-state index contributed by atoms with van der Waals surface area (Å²) in [4.78, 5) is 29.5. The molecule has 1 aromatic carbocycles. The Balaban J connectivity index is 1.84. The lowest BCUT2D eigenvalue weighted by atomic mass is 9.97. The van der Waals surface area contributed by atoms with Gasteiger partial charge >= 0.3 is 5.97 Å². The highest BCUT2D eigenvalue weighted by molar-refractivity contribution is 5.98. The molecule has 1 aromatic heterocycles. The predicted molar refractivity (Wildman–Crippen MR) is 78.0 cm³/mol. The molecule has 1 fully saturated rings. The van der Waals surface area contributed by atoms with Crippen LogP contribution in [0.1, 0.15) is 23.2 Å². The molecule has 21 heavy (non-hydrogen) atoms. The van der Waals surface area contributed by atoms with Gasteiger partial charge in [-0.3, -0.25) is 14.6 Å². The van der Waals surface area contributed by atoms with Gasteiger partial charge in [-0.2, -0.15) is 0 Å². The van der Waals surface area contributed by atoms with E-state index in [9.17, 15) is 9.59 Å². The maximum atomic E-state index is 12.5. The predicted octanol–water partition coefficient (Wildman–Crippen LogP) is 2.17. The summed E-state index contributed by atoms with van der Waals surface area (Å²) >= 11 is 0. The molecule has 2 heterocycles. The van der Waals surface area contributed by atoms with Crippen LogP contribution in [0.3, 0.4) is 0 Å². The first-order chi connectivity index (χ1) is 10.1. The van der Waals surface area contributed by atoms with Crippen molar-refractivity contribution in [3.05, 3.63) is 42.1 Å². The van der Waals surface area contributed by atoms with Crippen LogP contribution in [0.2, 0.25) is 0 Å². The number of aromatic nitrogens is 1. The fraction of sp³-hybridized carbons (Fsp3) is 0.312. The summed E-state index contributed by atoms with van der Waals surface area (Å²) in [6.45, 7) is 0.910. The molecule has 108 valence electrons. The number of hydrogen-bond acceptors (Lipinski definition) is 3. The number of amides is 1. The first-order valence-electron chi connectivity index (χ1n) is 7.02. The quantitative estimate of drug-likeness (QED) is 0.917. The molecule has 0 bridgehead atoms. The summed E-state index contributed by atoms with van der Waals surface area (Å²) in [6.07, 6.45) is 3.09. The van der Waals surface area contributed by atoms with Gasteiger partial charge in [-0.1, -0.05) is 6.07 Å². The highest BCUT2D eigenvalue weighted by Crippen LogP contribution is 2.20. The minimum Gasteiger partial charge on any atom is -0.481 e. The third-order valence-corrected chi connectivity index (χ3v) is 3.91. The lowest BCUT2D eigenvalue weighted by Crippen LogP contribution is -2.42. The van der Waals surface area contributed by atoms with Gasteiger partial charge in [-0.15, -0.1) is 0 Å². The highest BCUT2D eigenvalue weighted by Gasteiger charge is 2.28. The highest BCUT2D eigenvalue weighted by atomic mass is 16.4. The number of likely N-dealkylation sites (tertiary alicyclic amines) is 1. The van der Waals surface area contributed by atoms with E-state index in [1.165, 1.54) is 0 Å². The molecular weight excluding hydrogens is 268 g/mol. The zero-order chi connectivity index (χ0) is 14.8. The van der Waals surface area contributed by atoms with Gasteiger partial charge in [0.1, 0.15) is 0 Å². The second-order valence-corrected chi connectivity index (χ2v) is 5.34. The molecule has 3 rings (SSSR count). The van der Waals surface area contributed by atoms with E-state index in [4.69, 9.17) is 5.11 Å². The van der Waals surface area contributed by atoms with Crippen LogP contribution in [0.15, 0.2) is 36.5 Å². The summed E-state index contributed by atoms with van der Waals surface area (Å²) in [5.41, 5.74) is 1.43. The number of carbonyl (C=O) groups excluding carboxylic acids is 1. The van der Waals surface area contributed by atoms with Crippen molar-refractivity contribution in [1.82, 2.24) is 9.88 Å². The van der Waals surface area contributed by atoms with Crippen molar-refractivity contribution >= 4 is 22.8 Å². The van der Waals surface area contributed by atoms with E-state index >= 15 is 0 Å². The van der Waals surface area contributed by atoms with Gasteiger partial charge in [-0.05, 0) is 37.1 Å². The maximum absolute atomic E-state index is 12.5. The van der Waals surface area contributed by atoms with Crippen molar-refractivity contribution in [1.29, 1.82) is 0 Å². The number of carboxylic acid groups (broad SMARTS) is 1. The molecule has 1 aliphatic heterocycles.